The molecule has 2 aromatic rings. The van der Waals surface area contributed by atoms with Crippen LogP contribution in [-0.2, 0) is 16.1 Å². The normalized spacial score (nSPS) is 13.7. The second-order valence-corrected chi connectivity index (χ2v) is 6.29. The van der Waals surface area contributed by atoms with Gasteiger partial charge in [0.05, 0.1) is 11.1 Å². The number of aromatic hydroxyl groups is 1. The number of halogens is 1. The SMILES string of the molecule is CC(=O)Oc1c(C(Br)CCNS(=O)[O-])oc(-c2ccco2)c1O. The minimum absolute atomic E-state index is 0.0195. The molecule has 2 N–H and O–H groups in total. The minimum Gasteiger partial charge on any atom is -0.760 e. The lowest BCUT2D eigenvalue weighted by molar-refractivity contribution is -0.132. The van der Waals surface area contributed by atoms with E-state index in [1.165, 1.54) is 13.2 Å². The molecular formula is C13H13BrNO7S-. The van der Waals surface area contributed by atoms with E-state index in [1.807, 2.05) is 0 Å². The monoisotopic (exact) mass is 406 g/mol. The average Bonchev–Trinajstić information content (AvgIpc) is 3.07. The van der Waals surface area contributed by atoms with Crippen molar-refractivity contribution >= 4 is 33.2 Å². The standard InChI is InChI=1S/C13H14BrNO7S/c1-7(16)21-13-10(17)12(9-3-2-6-20-9)22-11(13)8(14)4-5-15-23(18)19/h2-3,6,8,15,17H,4-5H2,1H3,(H,18,19)/p-1. The number of carbonyl (C=O) groups excluding carboxylic acids is 1. The van der Waals surface area contributed by atoms with Crippen molar-refractivity contribution in [1.82, 2.24) is 4.72 Å². The lowest BCUT2D eigenvalue weighted by atomic mass is 10.2. The highest BCUT2D eigenvalue weighted by Gasteiger charge is 2.29. The highest BCUT2D eigenvalue weighted by Crippen LogP contribution is 2.48. The molecule has 126 valence electrons. The maximum absolute atomic E-state index is 11.2. The first kappa shape index (κ1) is 17.7. The van der Waals surface area contributed by atoms with Crippen LogP contribution in [0.25, 0.3) is 11.5 Å². The highest BCUT2D eigenvalue weighted by atomic mass is 79.9. The summed E-state index contributed by atoms with van der Waals surface area (Å²) in [6.45, 7) is 1.32. The molecular weight excluding hydrogens is 394 g/mol. The molecule has 8 nitrogen and oxygen atoms in total. The number of esters is 1. The van der Waals surface area contributed by atoms with E-state index < -0.39 is 22.1 Å². The number of hydrogen-bond acceptors (Lipinski definition) is 7. The lowest BCUT2D eigenvalue weighted by Gasteiger charge is -2.11. The molecule has 0 aliphatic rings. The summed E-state index contributed by atoms with van der Waals surface area (Å²) < 4.78 is 38.9. The van der Waals surface area contributed by atoms with Gasteiger partial charge in [0.25, 0.3) is 0 Å². The molecule has 0 saturated carbocycles. The quantitative estimate of drug-likeness (QED) is 0.410. The molecule has 0 aliphatic carbocycles. The Bertz CT molecular complexity index is 697. The third-order valence-electron chi connectivity index (χ3n) is 2.76. The number of rotatable bonds is 7. The zero-order valence-corrected chi connectivity index (χ0v) is 14.3. The smallest absolute Gasteiger partial charge is 0.308 e. The van der Waals surface area contributed by atoms with Crippen molar-refractivity contribution in [3.63, 3.8) is 0 Å². The fourth-order valence-electron chi connectivity index (χ4n) is 1.85. The van der Waals surface area contributed by atoms with Crippen LogP contribution in [0, 0.1) is 0 Å². The second-order valence-electron chi connectivity index (χ2n) is 4.43. The van der Waals surface area contributed by atoms with Crippen molar-refractivity contribution in [2.45, 2.75) is 18.2 Å². The second kappa shape index (κ2) is 7.77. The summed E-state index contributed by atoms with van der Waals surface area (Å²) in [7, 11) is 0. The van der Waals surface area contributed by atoms with Gasteiger partial charge in [-0.25, -0.2) is 4.72 Å². The first-order valence-corrected chi connectivity index (χ1v) is 8.44. The van der Waals surface area contributed by atoms with Crippen molar-refractivity contribution in [2.24, 2.45) is 0 Å². The van der Waals surface area contributed by atoms with Gasteiger partial charge >= 0.3 is 5.97 Å². The third kappa shape index (κ3) is 4.44. The van der Waals surface area contributed by atoms with Crippen molar-refractivity contribution in [2.75, 3.05) is 6.54 Å². The molecule has 2 unspecified atom stereocenters. The summed E-state index contributed by atoms with van der Waals surface area (Å²) in [5.41, 5.74) is 0. The lowest BCUT2D eigenvalue weighted by Crippen LogP contribution is -2.18. The van der Waals surface area contributed by atoms with Crippen LogP contribution in [0.15, 0.2) is 27.2 Å². The molecule has 0 aliphatic heterocycles. The maximum atomic E-state index is 11.2. The van der Waals surface area contributed by atoms with Gasteiger partial charge in [0.2, 0.25) is 17.3 Å². The van der Waals surface area contributed by atoms with Gasteiger partial charge in [-0.1, -0.05) is 15.9 Å². The molecule has 2 heterocycles. The fraction of sp³-hybridized carbons (Fsp3) is 0.308. The van der Waals surface area contributed by atoms with Gasteiger partial charge in [-0.2, -0.15) is 0 Å². The molecule has 0 saturated heterocycles. The number of carbonyl (C=O) groups is 1. The Morgan fingerprint density at radius 2 is 2.35 bits per heavy atom. The molecule has 0 amide bonds. The minimum atomic E-state index is -2.38. The molecule has 0 radical (unpaired) electrons. The summed E-state index contributed by atoms with van der Waals surface area (Å²) in [6.07, 6.45) is 1.70. The van der Waals surface area contributed by atoms with Crippen LogP contribution in [0.3, 0.4) is 0 Å². The Balaban J connectivity index is 2.30. The molecule has 2 aromatic heterocycles. The van der Waals surface area contributed by atoms with Crippen molar-refractivity contribution in [3.05, 3.63) is 24.2 Å². The van der Waals surface area contributed by atoms with E-state index in [2.05, 4.69) is 20.7 Å². The predicted molar refractivity (Wildman–Crippen MR) is 82.6 cm³/mol. The van der Waals surface area contributed by atoms with Gasteiger partial charge in [-0.3, -0.25) is 9.00 Å². The zero-order valence-electron chi connectivity index (χ0n) is 11.9. The summed E-state index contributed by atoms with van der Waals surface area (Å²) in [4.78, 5) is 10.7. The number of furan rings is 2. The maximum Gasteiger partial charge on any atom is 0.308 e. The number of ether oxygens (including phenoxy) is 1. The van der Waals surface area contributed by atoms with Gasteiger partial charge in [0, 0.05) is 24.7 Å². The van der Waals surface area contributed by atoms with E-state index in [0.717, 1.165) is 0 Å². The highest BCUT2D eigenvalue weighted by molar-refractivity contribution is 9.09. The summed E-state index contributed by atoms with van der Waals surface area (Å²) in [5, 5.41) is 10.2. The topological polar surface area (TPSA) is 125 Å². The predicted octanol–water partition coefficient (Wildman–Crippen LogP) is 2.38. The van der Waals surface area contributed by atoms with Crippen LogP contribution < -0.4 is 9.46 Å². The van der Waals surface area contributed by atoms with Gasteiger partial charge in [-0.15, -0.1) is 0 Å². The molecule has 0 bridgehead atoms. The fourth-order valence-corrected chi connectivity index (χ4v) is 2.66. The Hall–Kier alpha value is -1.62. The first-order chi connectivity index (χ1) is 10.9. The van der Waals surface area contributed by atoms with E-state index in [4.69, 9.17) is 13.6 Å². The largest absolute Gasteiger partial charge is 0.760 e. The molecule has 2 rings (SSSR count). The molecule has 10 heteroatoms. The van der Waals surface area contributed by atoms with E-state index in [-0.39, 0.29) is 35.3 Å². The van der Waals surface area contributed by atoms with Gasteiger partial charge < -0.3 is 23.2 Å². The Kier molecular flexibility index (Phi) is 5.99. The van der Waals surface area contributed by atoms with E-state index in [1.54, 1.807) is 12.1 Å². The number of alkyl halides is 1. The molecule has 0 aromatic carbocycles. The van der Waals surface area contributed by atoms with E-state index >= 15 is 0 Å². The van der Waals surface area contributed by atoms with Crippen molar-refractivity contribution < 1.29 is 32.2 Å². The van der Waals surface area contributed by atoms with Gasteiger partial charge in [0.15, 0.2) is 11.5 Å². The summed E-state index contributed by atoms with van der Waals surface area (Å²) in [5.74, 6) is -0.690. The molecule has 0 spiro atoms. The Morgan fingerprint density at radius 3 is 2.91 bits per heavy atom. The van der Waals surface area contributed by atoms with Gasteiger partial charge in [0.1, 0.15) is 0 Å². The van der Waals surface area contributed by atoms with Crippen LogP contribution >= 0.6 is 15.9 Å². The van der Waals surface area contributed by atoms with E-state index in [9.17, 15) is 18.7 Å². The van der Waals surface area contributed by atoms with Crippen LogP contribution in [0.1, 0.15) is 23.9 Å². The molecule has 2 atom stereocenters. The van der Waals surface area contributed by atoms with Gasteiger partial charge in [-0.05, 0) is 18.6 Å². The van der Waals surface area contributed by atoms with Crippen LogP contribution in [-0.4, -0.2) is 26.4 Å². The number of nitrogens with one attached hydrogen (secondary N) is 1. The van der Waals surface area contributed by atoms with Crippen molar-refractivity contribution in [1.29, 1.82) is 0 Å². The summed E-state index contributed by atoms with van der Waals surface area (Å²) in [6, 6.07) is 3.19. The Morgan fingerprint density at radius 1 is 1.61 bits per heavy atom. The van der Waals surface area contributed by atoms with Crippen LogP contribution in [0.5, 0.6) is 11.5 Å². The molecule has 23 heavy (non-hydrogen) atoms. The molecule has 0 fully saturated rings. The summed E-state index contributed by atoms with van der Waals surface area (Å²) >= 11 is 0.942. The zero-order chi connectivity index (χ0) is 17.0. The van der Waals surface area contributed by atoms with Crippen LogP contribution in [0.2, 0.25) is 0 Å². The first-order valence-electron chi connectivity index (χ1n) is 6.45. The Labute approximate surface area is 142 Å². The number of hydrogen-bond donors (Lipinski definition) is 2. The van der Waals surface area contributed by atoms with E-state index in [0.29, 0.717) is 6.42 Å². The van der Waals surface area contributed by atoms with Crippen LogP contribution in [0.4, 0.5) is 0 Å². The average molecular weight is 407 g/mol. The van der Waals surface area contributed by atoms with Crippen molar-refractivity contribution in [3.8, 4) is 23.0 Å². The third-order valence-corrected chi connectivity index (χ3v) is 4.07.